The third-order valence-electron chi connectivity index (χ3n) is 21.3. The number of halogens is 3. The molecular weight excluding hydrogens is 1640 g/mol. The first-order chi connectivity index (χ1) is 57.6. The summed E-state index contributed by atoms with van der Waals surface area (Å²) < 4.78 is 39.3. The molecule has 34 nitrogen and oxygen atoms in total. The first-order valence-corrected chi connectivity index (χ1v) is 40.3. The molecule has 10 bridgehead atoms. The number of phenols is 3. The van der Waals surface area contributed by atoms with Crippen LogP contribution in [-0.4, -0.2) is 200 Å². The molecule has 37 heteroatoms. The van der Waals surface area contributed by atoms with E-state index in [0.717, 1.165) is 60.0 Å². The van der Waals surface area contributed by atoms with E-state index in [9.17, 15) is 69.6 Å². The van der Waals surface area contributed by atoms with Gasteiger partial charge in [-0.1, -0.05) is 109 Å². The fourth-order valence-electron chi connectivity index (χ4n) is 14.7. The average molecular weight is 1740 g/mol. The molecule has 18 unspecified atom stereocenters. The number of aromatic hydroxyl groups is 3. The van der Waals surface area contributed by atoms with Gasteiger partial charge in [-0.15, -0.1) is 0 Å². The zero-order valence-corrected chi connectivity index (χ0v) is 68.9. The van der Waals surface area contributed by atoms with E-state index in [1.54, 1.807) is 26.0 Å². The molecule has 23 N–H and O–H groups in total. The maximum atomic E-state index is 15.4. The molecule has 121 heavy (non-hydrogen) atoms. The number of aliphatic hydroxyl groups excluding tert-OH is 5. The Balaban J connectivity index is 1.02. The van der Waals surface area contributed by atoms with Gasteiger partial charge in [0.2, 0.25) is 59.3 Å². The second kappa shape index (κ2) is 40.0. The zero-order chi connectivity index (χ0) is 87.6. The van der Waals surface area contributed by atoms with Crippen LogP contribution in [0.5, 0.6) is 46.0 Å². The Morgan fingerprint density at radius 1 is 0.669 bits per heavy atom. The highest BCUT2D eigenvalue weighted by atomic mass is 35.5. The van der Waals surface area contributed by atoms with Crippen LogP contribution in [0.15, 0.2) is 133 Å². The lowest BCUT2D eigenvalue weighted by atomic mass is 9.84. The van der Waals surface area contributed by atoms with Gasteiger partial charge in [-0.25, -0.2) is 0 Å². The maximum absolute atomic E-state index is 15.4. The SMILES string of the molecule is CNC(CC(C)C)C(=O)NC1C(=O)NC(CC(N)=O)C(=O)NC(C)C(=O)NC2C(=O)NC(C(=O)NC(C(=O)NCCCCN)c3cc(O)cc(O)c3-c3cc2ccc3O)C(O)c2ccc(c(Cl)c2)Oc2cccc(c2OC2OC(CN)C(O)C(O)C2OC2CC(C)(NCc3ccc(-c4ccc(Cl)cc4)cc3)C(O)C(C)O2)Oc2ccc(cc2Cl)C1O. The summed E-state index contributed by atoms with van der Waals surface area (Å²) in [5.74, 6) is -12.8. The average Bonchev–Trinajstić information content (AvgIpc) is 0.764. The smallest absolute Gasteiger partial charge is 0.247 e. The van der Waals surface area contributed by atoms with Crippen LogP contribution in [0.2, 0.25) is 15.1 Å². The fraction of sp³-hybridized carbons (Fsp3) is 0.405. The van der Waals surface area contributed by atoms with Crippen LogP contribution in [0.1, 0.15) is 119 Å². The first-order valence-electron chi connectivity index (χ1n) is 39.1. The molecular formula is C84H99Cl3N12O22. The van der Waals surface area contributed by atoms with Gasteiger partial charge in [-0.05, 0) is 165 Å². The molecule has 6 heterocycles. The quantitative estimate of drug-likeness (QED) is 0.0445. The van der Waals surface area contributed by atoms with Crippen molar-refractivity contribution in [1.82, 2.24) is 47.9 Å². The van der Waals surface area contributed by atoms with Crippen LogP contribution in [0.3, 0.4) is 0 Å². The van der Waals surface area contributed by atoms with Crippen molar-refractivity contribution in [2.45, 2.75) is 183 Å². The van der Waals surface area contributed by atoms with E-state index in [1.807, 2.05) is 50.2 Å². The zero-order valence-electron chi connectivity index (χ0n) is 66.6. The molecule has 2 fully saturated rings. The van der Waals surface area contributed by atoms with Crippen LogP contribution in [-0.2, 0) is 59.1 Å². The van der Waals surface area contributed by atoms with E-state index < -0.39 is 192 Å². The minimum Gasteiger partial charge on any atom is -0.508 e. The van der Waals surface area contributed by atoms with E-state index in [1.165, 1.54) is 55.6 Å². The Labute approximate surface area is 710 Å². The molecule has 8 amide bonds. The lowest BCUT2D eigenvalue weighted by molar-refractivity contribution is -0.331. The minimum atomic E-state index is -2.24. The van der Waals surface area contributed by atoms with E-state index in [2.05, 4.69) is 47.9 Å². The van der Waals surface area contributed by atoms with E-state index in [4.69, 9.17) is 80.4 Å². The molecule has 6 aliphatic rings. The van der Waals surface area contributed by atoms with E-state index >= 15 is 9.59 Å². The summed E-state index contributed by atoms with van der Waals surface area (Å²) in [5, 5.41) is 119. The van der Waals surface area contributed by atoms with Crippen LogP contribution < -0.4 is 79.3 Å². The first kappa shape index (κ1) is 91.2. The number of likely N-dealkylation sites (N-methyl/N-ethyl adjacent to an activating group) is 1. The predicted octanol–water partition coefficient (Wildman–Crippen LogP) is 4.33. The number of phenolic OH excluding ortho intramolecular Hbond substituents is 3. The summed E-state index contributed by atoms with van der Waals surface area (Å²) in [7, 11) is 1.49. The molecule has 7 aromatic carbocycles. The highest BCUT2D eigenvalue weighted by Gasteiger charge is 2.52. The lowest BCUT2D eigenvalue weighted by Gasteiger charge is -2.48. The molecule has 2 saturated heterocycles. The third kappa shape index (κ3) is 21.7. The van der Waals surface area contributed by atoms with Crippen molar-refractivity contribution in [1.29, 1.82) is 0 Å². The predicted molar refractivity (Wildman–Crippen MR) is 441 cm³/mol. The number of hydrogen-bond acceptors (Lipinski definition) is 26. The molecule has 0 radical (unpaired) electrons. The van der Waals surface area contributed by atoms with Gasteiger partial charge in [0.05, 0.1) is 34.7 Å². The van der Waals surface area contributed by atoms with Crippen molar-refractivity contribution >= 4 is 82.1 Å². The number of primary amides is 1. The molecule has 0 aliphatic carbocycles. The Kier molecular flexibility index (Phi) is 30.2. The van der Waals surface area contributed by atoms with Crippen molar-refractivity contribution in [3.05, 3.63) is 176 Å². The van der Waals surface area contributed by atoms with Crippen LogP contribution in [0, 0.1) is 5.92 Å². The van der Waals surface area contributed by atoms with Gasteiger partial charge >= 0.3 is 0 Å². The number of carbonyl (C=O) groups is 8. The highest BCUT2D eigenvalue weighted by molar-refractivity contribution is 6.32. The standard InChI is InChI=1S/C84H99Cl3N12O22/c1-38(2)28-53(91-6)77(110)98-67-69(104)45-19-24-57(51(86)30-45)117-59-10-9-11-60(73(59)121-83-74(72(107)71(106)61(36-89)119-83)120-63-35-84(5,75(108)40(4)116-63)93-37-41-12-14-42(15-13-41)43-16-21-47(85)22-17-43)118-58-25-20-46(31-52(58)87)70(105)68-82(115)97-66(79(112)92-27-8-7-26-88)50-32-48(100)33-56(102)64(50)49-29-44(18-23-55(49)101)65(80(113)99-68)96-76(109)39(3)94-78(111)54(34-62(90)103)95-81(67)114/h9-25,29-33,38-40,53-54,61,63,65-72,74-75,83,91,93,100-102,104-108H,7-8,26-28,34-37,88-89H2,1-6H3,(H2,90,103)(H,92,112)(H,94,111)(H,95,114)(H,96,109)(H,97,115)(H,98,110)(H,99,113). The number of hydrogen-bond donors (Lipinski definition) is 20. The Morgan fingerprint density at radius 2 is 1.31 bits per heavy atom. The van der Waals surface area contributed by atoms with Crippen LogP contribution >= 0.6 is 34.8 Å². The summed E-state index contributed by atoms with van der Waals surface area (Å²) in [5.41, 5.74) is 17.5. The number of aliphatic hydroxyl groups is 5. The number of amides is 8. The molecule has 0 aromatic heterocycles. The maximum Gasteiger partial charge on any atom is 0.247 e. The van der Waals surface area contributed by atoms with Gasteiger partial charge < -0.3 is 134 Å². The van der Waals surface area contributed by atoms with Gasteiger partial charge in [0.1, 0.15) is 95.5 Å². The summed E-state index contributed by atoms with van der Waals surface area (Å²) in [6.45, 7) is 8.26. The van der Waals surface area contributed by atoms with Crippen LogP contribution in [0.4, 0.5) is 0 Å². The summed E-state index contributed by atoms with van der Waals surface area (Å²) in [4.78, 5) is 117. The Bertz CT molecular complexity index is 4940. The second-order valence-corrected chi connectivity index (χ2v) is 32.0. The number of nitrogens with two attached hydrogens (primary N) is 3. The normalized spacial score (nSPS) is 26.3. The van der Waals surface area contributed by atoms with Crippen molar-refractivity contribution in [3.63, 3.8) is 0 Å². The molecule has 0 spiro atoms. The number of fused-ring (bicyclic) bond motifs is 6. The summed E-state index contributed by atoms with van der Waals surface area (Å²) >= 11 is 20.4. The second-order valence-electron chi connectivity index (χ2n) is 30.7. The van der Waals surface area contributed by atoms with Crippen molar-refractivity contribution in [3.8, 4) is 68.2 Å². The fourth-order valence-corrected chi connectivity index (χ4v) is 15.2. The number of carbonyl (C=O) groups excluding carboxylic acids is 8. The third-order valence-corrected chi connectivity index (χ3v) is 22.2. The number of unbranched alkanes of at least 4 members (excludes halogenated alkanes) is 1. The molecule has 0 saturated carbocycles. The highest BCUT2D eigenvalue weighted by Crippen LogP contribution is 2.49. The van der Waals surface area contributed by atoms with E-state index in [-0.39, 0.29) is 105 Å². The van der Waals surface area contributed by atoms with Gasteiger partial charge in [0.15, 0.2) is 23.9 Å². The van der Waals surface area contributed by atoms with Gasteiger partial charge in [0.25, 0.3) is 0 Å². The van der Waals surface area contributed by atoms with Crippen molar-refractivity contribution in [2.75, 3.05) is 26.7 Å². The molecule has 18 atom stereocenters. The number of nitrogens with one attached hydrogen (secondary N) is 9. The minimum absolute atomic E-state index is 0.0242. The molecule has 6 aliphatic heterocycles. The monoisotopic (exact) mass is 1730 g/mol. The topological polar surface area (TPSA) is 540 Å². The molecule has 648 valence electrons. The number of ether oxygens (including phenoxy) is 6. The Hall–Kier alpha value is -10.5. The van der Waals surface area contributed by atoms with E-state index in [0.29, 0.717) is 17.9 Å². The number of benzene rings is 7. The number of para-hydroxylation sites is 1. The van der Waals surface area contributed by atoms with Gasteiger partial charge in [0, 0.05) is 53.8 Å². The van der Waals surface area contributed by atoms with Crippen LogP contribution in [0.25, 0.3) is 22.3 Å². The van der Waals surface area contributed by atoms with Gasteiger partial charge in [-0.3, -0.25) is 38.4 Å². The van der Waals surface area contributed by atoms with Crippen molar-refractivity contribution < 1.29 is 108 Å². The van der Waals surface area contributed by atoms with Gasteiger partial charge in [-0.2, -0.15) is 0 Å². The lowest BCUT2D eigenvalue weighted by Crippen LogP contribution is -2.65. The molecule has 13 rings (SSSR count). The summed E-state index contributed by atoms with van der Waals surface area (Å²) in [6.07, 6.45) is -16.2. The summed E-state index contributed by atoms with van der Waals surface area (Å²) in [6, 6.07) is 18.9. The Morgan fingerprint density at radius 3 is 1.92 bits per heavy atom. The largest absolute Gasteiger partial charge is 0.508 e. The number of rotatable bonds is 21. The van der Waals surface area contributed by atoms with Crippen molar-refractivity contribution in [2.24, 2.45) is 23.1 Å². The molecule has 7 aromatic rings.